The highest BCUT2D eigenvalue weighted by molar-refractivity contribution is 6.61. The summed E-state index contributed by atoms with van der Waals surface area (Å²) in [4.78, 5) is 15.4. The SMILES string of the molecule is CCN(C(=O)c1cc(B2OC(C)(C)C(C)(C)O2)n(C)c1C)c1ccc(OCc2ccccc2)cc1. The number of carbonyl (C=O) groups excluding carboxylic acids is 1. The molecule has 1 aromatic heterocycles. The van der Waals surface area contributed by atoms with Crippen LogP contribution < -0.4 is 15.2 Å². The topological polar surface area (TPSA) is 52.9 Å². The lowest BCUT2D eigenvalue weighted by Gasteiger charge is -2.32. The minimum atomic E-state index is -0.527. The van der Waals surface area contributed by atoms with Crippen molar-refractivity contribution in [3.63, 3.8) is 0 Å². The molecule has 3 aromatic rings. The first-order valence-corrected chi connectivity index (χ1v) is 12.1. The van der Waals surface area contributed by atoms with Crippen LogP contribution in [0.5, 0.6) is 5.75 Å². The monoisotopic (exact) mass is 474 g/mol. The predicted molar refractivity (Wildman–Crippen MR) is 140 cm³/mol. The number of ether oxygens (including phenoxy) is 1. The number of hydrogen-bond donors (Lipinski definition) is 0. The summed E-state index contributed by atoms with van der Waals surface area (Å²) in [6.45, 7) is 13.1. The van der Waals surface area contributed by atoms with Crippen LogP contribution in [0.3, 0.4) is 0 Å². The van der Waals surface area contributed by atoms with Crippen LogP contribution in [0, 0.1) is 6.92 Å². The summed E-state index contributed by atoms with van der Waals surface area (Å²) in [5, 5.41) is 0. The maximum Gasteiger partial charge on any atom is 0.512 e. The van der Waals surface area contributed by atoms with Gasteiger partial charge in [-0.25, -0.2) is 0 Å². The van der Waals surface area contributed by atoms with E-state index in [2.05, 4.69) is 0 Å². The Morgan fingerprint density at radius 3 is 2.17 bits per heavy atom. The van der Waals surface area contributed by atoms with Crippen molar-refractivity contribution in [2.75, 3.05) is 11.4 Å². The molecule has 1 aliphatic rings. The van der Waals surface area contributed by atoms with E-state index >= 15 is 0 Å². The first kappa shape index (κ1) is 25.1. The average molecular weight is 474 g/mol. The summed E-state index contributed by atoms with van der Waals surface area (Å²) < 4.78 is 20.4. The van der Waals surface area contributed by atoms with Gasteiger partial charge >= 0.3 is 7.12 Å². The van der Waals surface area contributed by atoms with Crippen LogP contribution in [0.2, 0.25) is 0 Å². The Bertz CT molecular complexity index is 1170. The van der Waals surface area contributed by atoms with Gasteiger partial charge in [0, 0.05) is 30.6 Å². The normalized spacial score (nSPS) is 16.4. The maximum atomic E-state index is 13.6. The Hall–Kier alpha value is -3.03. The highest BCUT2D eigenvalue weighted by Gasteiger charge is 2.52. The van der Waals surface area contributed by atoms with Gasteiger partial charge < -0.3 is 23.5 Å². The first-order chi connectivity index (χ1) is 16.5. The number of benzene rings is 2. The van der Waals surface area contributed by atoms with E-state index in [-0.39, 0.29) is 5.91 Å². The van der Waals surface area contributed by atoms with Gasteiger partial charge in [0.05, 0.1) is 16.8 Å². The van der Waals surface area contributed by atoms with Crippen LogP contribution in [0.4, 0.5) is 5.69 Å². The van der Waals surface area contributed by atoms with Gasteiger partial charge in [-0.3, -0.25) is 4.79 Å². The zero-order valence-electron chi connectivity index (χ0n) is 21.8. The number of anilines is 1. The Labute approximate surface area is 208 Å². The van der Waals surface area contributed by atoms with Gasteiger partial charge in [-0.1, -0.05) is 30.3 Å². The van der Waals surface area contributed by atoms with Crippen molar-refractivity contribution in [2.24, 2.45) is 7.05 Å². The molecule has 6 nitrogen and oxygen atoms in total. The molecule has 1 fully saturated rings. The molecule has 35 heavy (non-hydrogen) atoms. The summed E-state index contributed by atoms with van der Waals surface area (Å²) in [5.41, 5.74) is 3.40. The zero-order valence-corrected chi connectivity index (χ0v) is 21.8. The van der Waals surface area contributed by atoms with Gasteiger partial charge in [0.2, 0.25) is 0 Å². The van der Waals surface area contributed by atoms with E-state index in [1.807, 2.05) is 114 Å². The van der Waals surface area contributed by atoms with Crippen molar-refractivity contribution in [1.29, 1.82) is 0 Å². The third-order valence-electron chi connectivity index (χ3n) is 7.26. The molecule has 1 amide bonds. The van der Waals surface area contributed by atoms with Crippen LogP contribution in [0.1, 0.15) is 56.2 Å². The van der Waals surface area contributed by atoms with E-state index in [1.165, 1.54) is 0 Å². The van der Waals surface area contributed by atoms with Crippen LogP contribution >= 0.6 is 0 Å². The van der Waals surface area contributed by atoms with Gasteiger partial charge in [0.25, 0.3) is 5.91 Å². The van der Waals surface area contributed by atoms with E-state index in [1.54, 1.807) is 4.90 Å². The fourth-order valence-corrected chi connectivity index (χ4v) is 4.18. The van der Waals surface area contributed by atoms with Crippen LogP contribution in [0.25, 0.3) is 0 Å². The zero-order chi connectivity index (χ0) is 25.4. The standard InChI is InChI=1S/C28H35BN2O4/c1-8-31(22-14-16-23(17-15-22)33-19-21-12-10-9-11-13-21)26(32)24-18-25(30(7)20(24)2)29-34-27(3,4)28(5,6)35-29/h9-18H,8,19H2,1-7H3. The molecule has 4 rings (SSSR count). The highest BCUT2D eigenvalue weighted by Crippen LogP contribution is 2.36. The molecule has 0 bridgehead atoms. The maximum absolute atomic E-state index is 13.6. The Morgan fingerprint density at radius 2 is 1.60 bits per heavy atom. The van der Waals surface area contributed by atoms with Gasteiger partial charge in [-0.05, 0) is 77.4 Å². The van der Waals surface area contributed by atoms with Gasteiger partial charge in [-0.2, -0.15) is 0 Å². The molecular weight excluding hydrogens is 439 g/mol. The molecule has 2 heterocycles. The number of amides is 1. The lowest BCUT2D eigenvalue weighted by molar-refractivity contribution is 0.00578. The van der Waals surface area contributed by atoms with Crippen molar-refractivity contribution < 1.29 is 18.8 Å². The van der Waals surface area contributed by atoms with Crippen LogP contribution in [-0.4, -0.2) is 35.3 Å². The largest absolute Gasteiger partial charge is 0.512 e. The molecule has 2 aromatic carbocycles. The van der Waals surface area contributed by atoms with Gasteiger partial charge in [-0.15, -0.1) is 0 Å². The van der Waals surface area contributed by atoms with E-state index in [0.29, 0.717) is 18.7 Å². The second-order valence-electron chi connectivity index (χ2n) is 10.0. The summed E-state index contributed by atoms with van der Waals surface area (Å²) in [7, 11) is 1.42. The Morgan fingerprint density at radius 1 is 1.00 bits per heavy atom. The highest BCUT2D eigenvalue weighted by atomic mass is 16.7. The molecule has 0 saturated carbocycles. The minimum absolute atomic E-state index is 0.0543. The quantitative estimate of drug-likeness (QED) is 0.458. The molecule has 0 atom stereocenters. The summed E-state index contributed by atoms with van der Waals surface area (Å²) in [6.07, 6.45) is 0. The second kappa shape index (κ2) is 9.55. The smallest absolute Gasteiger partial charge is 0.489 e. The molecule has 7 heteroatoms. The summed E-state index contributed by atoms with van der Waals surface area (Å²) in [5.74, 6) is 0.710. The molecule has 0 aliphatic carbocycles. The molecule has 0 unspecified atom stereocenters. The third kappa shape index (κ3) is 4.88. The lowest BCUT2D eigenvalue weighted by Crippen LogP contribution is -2.41. The Balaban J connectivity index is 1.52. The minimum Gasteiger partial charge on any atom is -0.489 e. The van der Waals surface area contributed by atoms with Crippen molar-refractivity contribution in [3.05, 3.63) is 77.5 Å². The van der Waals surface area contributed by atoms with E-state index in [4.69, 9.17) is 14.0 Å². The molecule has 1 aliphatic heterocycles. The fraction of sp³-hybridized carbons (Fsp3) is 0.393. The second-order valence-corrected chi connectivity index (χ2v) is 10.0. The van der Waals surface area contributed by atoms with Gasteiger partial charge in [0.1, 0.15) is 12.4 Å². The summed E-state index contributed by atoms with van der Waals surface area (Å²) >= 11 is 0. The van der Waals surface area contributed by atoms with Crippen LogP contribution in [-0.2, 0) is 23.0 Å². The molecule has 184 valence electrons. The molecule has 0 N–H and O–H groups in total. The fourth-order valence-electron chi connectivity index (χ4n) is 4.18. The molecule has 0 radical (unpaired) electrons. The number of carbonyl (C=O) groups is 1. The van der Waals surface area contributed by atoms with Crippen molar-refractivity contribution in [2.45, 2.75) is 59.4 Å². The molecular formula is C28H35BN2O4. The van der Waals surface area contributed by atoms with E-state index in [9.17, 15) is 4.79 Å². The van der Waals surface area contributed by atoms with E-state index < -0.39 is 18.3 Å². The number of aromatic nitrogens is 1. The third-order valence-corrected chi connectivity index (χ3v) is 7.26. The van der Waals surface area contributed by atoms with Crippen LogP contribution in [0.15, 0.2) is 60.7 Å². The molecule has 0 spiro atoms. The lowest BCUT2D eigenvalue weighted by atomic mass is 9.84. The predicted octanol–water partition coefficient (Wildman–Crippen LogP) is 4.88. The number of nitrogens with zero attached hydrogens (tertiary/aromatic N) is 2. The number of hydrogen-bond acceptors (Lipinski definition) is 4. The Kier molecular flexibility index (Phi) is 6.85. The first-order valence-electron chi connectivity index (χ1n) is 12.1. The average Bonchev–Trinajstić information content (AvgIpc) is 3.24. The van der Waals surface area contributed by atoms with Gasteiger partial charge in [0.15, 0.2) is 0 Å². The van der Waals surface area contributed by atoms with E-state index in [0.717, 1.165) is 28.3 Å². The van der Waals surface area contributed by atoms with Crippen molar-refractivity contribution in [1.82, 2.24) is 4.57 Å². The summed E-state index contributed by atoms with van der Waals surface area (Å²) in [6, 6.07) is 19.6. The van der Waals surface area contributed by atoms with Crippen molar-refractivity contribution >= 4 is 24.3 Å². The number of rotatable bonds is 7. The molecule has 1 saturated heterocycles. The van der Waals surface area contributed by atoms with Crippen molar-refractivity contribution in [3.8, 4) is 5.75 Å².